The highest BCUT2D eigenvalue weighted by Gasteiger charge is 2.34. The highest BCUT2D eigenvalue weighted by molar-refractivity contribution is 7.78. The number of thiol groups is 1. The van der Waals surface area contributed by atoms with E-state index < -0.39 is 0 Å². The fourth-order valence-corrected chi connectivity index (χ4v) is 2.75. The number of imidazole rings is 1. The summed E-state index contributed by atoms with van der Waals surface area (Å²) in [5, 5.41) is 0. The molecule has 1 unspecified atom stereocenters. The Morgan fingerprint density at radius 3 is 2.89 bits per heavy atom. The molecule has 1 aliphatic rings. The third-order valence-electron chi connectivity index (χ3n) is 3.66. The number of fused-ring (bicyclic) bond motifs is 1. The van der Waals surface area contributed by atoms with Gasteiger partial charge in [-0.3, -0.25) is 4.31 Å². The van der Waals surface area contributed by atoms with Gasteiger partial charge in [-0.15, -0.1) is 0 Å². The van der Waals surface area contributed by atoms with E-state index in [4.69, 9.17) is 0 Å². The lowest BCUT2D eigenvalue weighted by Gasteiger charge is -2.38. The summed E-state index contributed by atoms with van der Waals surface area (Å²) in [6.07, 6.45) is 3.54. The van der Waals surface area contributed by atoms with E-state index in [1.165, 1.54) is 4.31 Å². The Hall–Kier alpha value is -1.17. The van der Waals surface area contributed by atoms with Crippen LogP contribution in [0.1, 0.15) is 44.6 Å². The average molecular weight is 282 g/mol. The number of nitrogens with zero attached hydrogens (tertiary/aromatic N) is 4. The van der Waals surface area contributed by atoms with Crippen molar-refractivity contribution < 1.29 is 4.79 Å². The van der Waals surface area contributed by atoms with Gasteiger partial charge < -0.3 is 9.47 Å². The number of carbonyl (C=O) groups excluding carboxylic acids is 1. The monoisotopic (exact) mass is 282 g/mol. The number of aromatic nitrogens is 2. The van der Waals surface area contributed by atoms with Crippen LogP contribution in [0.3, 0.4) is 0 Å². The zero-order valence-corrected chi connectivity index (χ0v) is 12.9. The third kappa shape index (κ3) is 2.45. The first-order valence-electron chi connectivity index (χ1n) is 6.76. The normalized spacial score (nSPS) is 18.6. The number of rotatable bonds is 2. The van der Waals surface area contributed by atoms with Crippen LogP contribution in [0.5, 0.6) is 0 Å². The minimum absolute atomic E-state index is 0.0166. The fourth-order valence-electron chi connectivity index (χ4n) is 2.63. The van der Waals surface area contributed by atoms with Crippen LogP contribution in [-0.4, -0.2) is 37.4 Å². The summed E-state index contributed by atoms with van der Waals surface area (Å²) in [6, 6.07) is 0.162. The second kappa shape index (κ2) is 5.45. The average Bonchev–Trinajstić information content (AvgIpc) is 2.77. The Balaban J connectivity index is 2.29. The third-order valence-corrected chi connectivity index (χ3v) is 4.29. The summed E-state index contributed by atoms with van der Waals surface area (Å²) >= 11 is 4.31. The van der Waals surface area contributed by atoms with Crippen LogP contribution in [0.4, 0.5) is 4.79 Å². The molecule has 0 aliphatic carbocycles. The summed E-state index contributed by atoms with van der Waals surface area (Å²) < 4.78 is 3.53. The number of carbonyl (C=O) groups is 1. The van der Waals surface area contributed by atoms with E-state index >= 15 is 0 Å². The molecular weight excluding hydrogens is 260 g/mol. The van der Waals surface area contributed by atoms with Gasteiger partial charge in [0.05, 0.1) is 23.8 Å². The molecule has 1 aliphatic heterocycles. The Morgan fingerprint density at radius 1 is 1.63 bits per heavy atom. The summed E-state index contributed by atoms with van der Waals surface area (Å²) in [6.45, 7) is 6.74. The highest BCUT2D eigenvalue weighted by atomic mass is 32.1. The van der Waals surface area contributed by atoms with E-state index in [0.717, 1.165) is 24.2 Å². The van der Waals surface area contributed by atoms with Gasteiger partial charge in [0, 0.05) is 26.1 Å². The second-order valence-electron chi connectivity index (χ2n) is 5.28. The Morgan fingerprint density at radius 2 is 2.32 bits per heavy atom. The maximum absolute atomic E-state index is 12.5. The first-order chi connectivity index (χ1) is 8.97. The number of hydrogen-bond acceptors (Lipinski definition) is 3. The van der Waals surface area contributed by atoms with Crippen molar-refractivity contribution in [1.29, 1.82) is 0 Å². The van der Waals surface area contributed by atoms with E-state index in [0.29, 0.717) is 6.54 Å². The standard InChI is InChI=1S/C13H22N4OS/c1-5-11-12-10(14-8-15(12)4)6-7-16(11)13(18)17(19)9(2)3/h8-9,11,19H,5-7H2,1-4H3. The van der Waals surface area contributed by atoms with Gasteiger partial charge in [-0.25, -0.2) is 9.78 Å². The van der Waals surface area contributed by atoms with Crippen LogP contribution in [-0.2, 0) is 13.5 Å². The van der Waals surface area contributed by atoms with Crippen molar-refractivity contribution in [2.24, 2.45) is 7.05 Å². The first kappa shape index (κ1) is 14.2. The van der Waals surface area contributed by atoms with Crippen molar-refractivity contribution in [1.82, 2.24) is 18.8 Å². The summed E-state index contributed by atoms with van der Waals surface area (Å²) in [5.74, 6) is 0. The lowest BCUT2D eigenvalue weighted by Crippen LogP contribution is -2.46. The van der Waals surface area contributed by atoms with Gasteiger partial charge in [0.25, 0.3) is 0 Å². The van der Waals surface area contributed by atoms with Crippen LogP contribution in [0.15, 0.2) is 6.33 Å². The maximum Gasteiger partial charge on any atom is 0.330 e. The number of amides is 2. The molecule has 0 fully saturated rings. The van der Waals surface area contributed by atoms with Gasteiger partial charge >= 0.3 is 6.03 Å². The first-order valence-corrected chi connectivity index (χ1v) is 7.16. The summed E-state index contributed by atoms with van der Waals surface area (Å²) in [5.41, 5.74) is 2.28. The lowest BCUT2D eigenvalue weighted by molar-refractivity contribution is 0.143. The van der Waals surface area contributed by atoms with Gasteiger partial charge in [-0.05, 0) is 20.3 Å². The Kier molecular flexibility index (Phi) is 4.08. The van der Waals surface area contributed by atoms with Crippen LogP contribution >= 0.6 is 12.8 Å². The molecule has 6 heteroatoms. The van der Waals surface area contributed by atoms with Crippen LogP contribution in [0.25, 0.3) is 0 Å². The van der Waals surface area contributed by atoms with Gasteiger partial charge in [-0.2, -0.15) is 0 Å². The molecule has 0 saturated heterocycles. The fraction of sp³-hybridized carbons (Fsp3) is 0.692. The predicted molar refractivity (Wildman–Crippen MR) is 78.0 cm³/mol. The maximum atomic E-state index is 12.5. The van der Waals surface area contributed by atoms with E-state index in [2.05, 4.69) is 24.7 Å². The molecule has 1 atom stereocenters. The smallest absolute Gasteiger partial charge is 0.330 e. The molecular formula is C13H22N4OS. The molecule has 2 rings (SSSR count). The van der Waals surface area contributed by atoms with Crippen molar-refractivity contribution in [3.05, 3.63) is 17.7 Å². The minimum Gasteiger partial charge on any atom is -0.336 e. The quantitative estimate of drug-likeness (QED) is 0.846. The van der Waals surface area contributed by atoms with E-state index in [1.807, 2.05) is 36.7 Å². The van der Waals surface area contributed by atoms with Crippen molar-refractivity contribution >= 4 is 18.8 Å². The largest absolute Gasteiger partial charge is 0.336 e. The molecule has 2 heterocycles. The molecule has 106 valence electrons. The minimum atomic E-state index is -0.0166. The SMILES string of the molecule is CCC1c2c(ncn2C)CCN1C(=O)N(S)C(C)C. The number of urea groups is 1. The number of aryl methyl sites for hydroxylation is 1. The Bertz CT molecular complexity index is 471. The van der Waals surface area contributed by atoms with E-state index in [1.54, 1.807) is 0 Å². The molecule has 19 heavy (non-hydrogen) atoms. The molecule has 1 aromatic rings. The van der Waals surface area contributed by atoms with Crippen LogP contribution in [0, 0.1) is 0 Å². The topological polar surface area (TPSA) is 41.4 Å². The highest BCUT2D eigenvalue weighted by Crippen LogP contribution is 2.32. The van der Waals surface area contributed by atoms with E-state index in [9.17, 15) is 4.79 Å². The van der Waals surface area contributed by atoms with Gasteiger partial charge in [0.2, 0.25) is 0 Å². The van der Waals surface area contributed by atoms with Crippen molar-refractivity contribution in [3.8, 4) is 0 Å². The zero-order valence-electron chi connectivity index (χ0n) is 12.0. The molecule has 0 N–H and O–H groups in total. The molecule has 0 aromatic carbocycles. The predicted octanol–water partition coefficient (Wildman–Crippen LogP) is 2.40. The molecule has 2 amide bonds. The summed E-state index contributed by atoms with van der Waals surface area (Å²) in [4.78, 5) is 18.8. The molecule has 1 aromatic heterocycles. The second-order valence-corrected chi connectivity index (χ2v) is 5.71. The Labute approximate surface area is 120 Å². The molecule has 0 saturated carbocycles. The molecule has 0 bridgehead atoms. The number of hydrogen-bond donors (Lipinski definition) is 1. The van der Waals surface area contributed by atoms with Gasteiger partial charge in [-0.1, -0.05) is 19.7 Å². The van der Waals surface area contributed by atoms with Crippen LogP contribution < -0.4 is 0 Å². The van der Waals surface area contributed by atoms with Crippen LogP contribution in [0.2, 0.25) is 0 Å². The zero-order chi connectivity index (χ0) is 14.2. The van der Waals surface area contributed by atoms with Gasteiger partial charge in [0.15, 0.2) is 0 Å². The van der Waals surface area contributed by atoms with Crippen molar-refractivity contribution in [3.63, 3.8) is 0 Å². The molecule has 0 spiro atoms. The van der Waals surface area contributed by atoms with Crippen molar-refractivity contribution in [2.45, 2.75) is 45.7 Å². The van der Waals surface area contributed by atoms with Gasteiger partial charge in [0.1, 0.15) is 0 Å². The van der Waals surface area contributed by atoms with Crippen molar-refractivity contribution in [2.75, 3.05) is 6.54 Å². The molecule has 5 nitrogen and oxygen atoms in total. The lowest BCUT2D eigenvalue weighted by atomic mass is 10.0. The van der Waals surface area contributed by atoms with E-state index in [-0.39, 0.29) is 18.1 Å². The summed E-state index contributed by atoms with van der Waals surface area (Å²) in [7, 11) is 1.99. The molecule has 0 radical (unpaired) electrons.